The Labute approximate surface area is 146 Å². The number of halogens is 1. The summed E-state index contributed by atoms with van der Waals surface area (Å²) in [5.74, 6) is 2.12. The molecule has 2 heterocycles. The fraction of sp³-hybridized carbons (Fsp3) is 0.278. The van der Waals surface area contributed by atoms with Crippen molar-refractivity contribution in [3.63, 3.8) is 0 Å². The zero-order valence-corrected chi connectivity index (χ0v) is 14.2. The molecule has 0 fully saturated rings. The second-order valence-corrected chi connectivity index (χ2v) is 5.73. The SMILES string of the molecule is COc1cc2c(c3c1OCO3)C(c1ccccc1O)=NC(C)C2.Cl. The highest BCUT2D eigenvalue weighted by molar-refractivity contribution is 6.18. The van der Waals surface area contributed by atoms with Gasteiger partial charge in [0.2, 0.25) is 12.5 Å². The smallest absolute Gasteiger partial charge is 0.231 e. The second kappa shape index (κ2) is 6.24. The van der Waals surface area contributed by atoms with Gasteiger partial charge in [-0.2, -0.15) is 0 Å². The van der Waals surface area contributed by atoms with Gasteiger partial charge in [0.25, 0.3) is 0 Å². The Morgan fingerprint density at radius 2 is 1.96 bits per heavy atom. The van der Waals surface area contributed by atoms with Gasteiger partial charge in [0.1, 0.15) is 5.75 Å². The van der Waals surface area contributed by atoms with Gasteiger partial charge in [0.05, 0.1) is 24.4 Å². The summed E-state index contributed by atoms with van der Waals surface area (Å²) in [4.78, 5) is 4.77. The number of hydrogen-bond acceptors (Lipinski definition) is 5. The van der Waals surface area contributed by atoms with E-state index in [0.717, 1.165) is 23.3 Å². The van der Waals surface area contributed by atoms with Crippen LogP contribution in [0.15, 0.2) is 35.3 Å². The van der Waals surface area contributed by atoms with Crippen LogP contribution < -0.4 is 14.2 Å². The lowest BCUT2D eigenvalue weighted by molar-refractivity contribution is 0.171. The summed E-state index contributed by atoms with van der Waals surface area (Å²) in [6.07, 6.45) is 0.791. The molecule has 2 aliphatic rings. The summed E-state index contributed by atoms with van der Waals surface area (Å²) in [6, 6.07) is 9.30. The van der Waals surface area contributed by atoms with E-state index in [0.29, 0.717) is 22.8 Å². The molecule has 0 amide bonds. The lowest BCUT2D eigenvalue weighted by Crippen LogP contribution is -2.20. The Balaban J connectivity index is 0.00000169. The predicted octanol–water partition coefficient (Wildman–Crippen LogP) is 3.33. The van der Waals surface area contributed by atoms with Crippen molar-refractivity contribution >= 4 is 18.1 Å². The van der Waals surface area contributed by atoms with Crippen LogP contribution in [0.1, 0.15) is 23.6 Å². The second-order valence-electron chi connectivity index (χ2n) is 5.73. The molecule has 1 atom stereocenters. The molecular formula is C18H18ClNO4. The summed E-state index contributed by atoms with van der Waals surface area (Å²) in [6.45, 7) is 2.21. The number of rotatable bonds is 2. The quantitative estimate of drug-likeness (QED) is 0.905. The number of phenols is 1. The molecule has 0 spiro atoms. The van der Waals surface area contributed by atoms with Crippen molar-refractivity contribution in [2.24, 2.45) is 4.99 Å². The molecule has 24 heavy (non-hydrogen) atoms. The predicted molar refractivity (Wildman–Crippen MR) is 93.3 cm³/mol. The largest absolute Gasteiger partial charge is 0.507 e. The van der Waals surface area contributed by atoms with Gasteiger partial charge >= 0.3 is 0 Å². The van der Waals surface area contributed by atoms with Crippen LogP contribution in [-0.4, -0.2) is 30.8 Å². The van der Waals surface area contributed by atoms with Gasteiger partial charge in [-0.1, -0.05) is 12.1 Å². The Morgan fingerprint density at radius 1 is 1.21 bits per heavy atom. The molecule has 4 rings (SSSR count). The van der Waals surface area contributed by atoms with Crippen LogP contribution in [0.25, 0.3) is 0 Å². The summed E-state index contributed by atoms with van der Waals surface area (Å²) in [5, 5.41) is 10.2. The van der Waals surface area contributed by atoms with E-state index in [1.807, 2.05) is 18.2 Å². The maximum atomic E-state index is 10.2. The fourth-order valence-electron chi connectivity index (χ4n) is 3.19. The zero-order valence-electron chi connectivity index (χ0n) is 13.4. The van der Waals surface area contributed by atoms with E-state index in [-0.39, 0.29) is 31.0 Å². The lowest BCUT2D eigenvalue weighted by atomic mass is 9.89. The summed E-state index contributed by atoms with van der Waals surface area (Å²) in [5.41, 5.74) is 3.41. The molecule has 126 valence electrons. The average molecular weight is 348 g/mol. The third kappa shape index (κ3) is 2.45. The Morgan fingerprint density at radius 3 is 2.71 bits per heavy atom. The maximum absolute atomic E-state index is 10.2. The number of ether oxygens (including phenoxy) is 3. The van der Waals surface area contributed by atoms with Crippen molar-refractivity contribution < 1.29 is 19.3 Å². The molecule has 6 heteroatoms. The maximum Gasteiger partial charge on any atom is 0.231 e. The van der Waals surface area contributed by atoms with Crippen molar-refractivity contribution in [3.8, 4) is 23.0 Å². The molecule has 2 aromatic carbocycles. The number of aromatic hydroxyl groups is 1. The van der Waals surface area contributed by atoms with Gasteiger partial charge in [-0.25, -0.2) is 0 Å². The van der Waals surface area contributed by atoms with Crippen LogP contribution in [0.2, 0.25) is 0 Å². The lowest BCUT2D eigenvalue weighted by Gasteiger charge is -2.24. The van der Waals surface area contributed by atoms with Gasteiger partial charge < -0.3 is 19.3 Å². The summed E-state index contributed by atoms with van der Waals surface area (Å²) in [7, 11) is 1.62. The van der Waals surface area contributed by atoms with Crippen LogP contribution in [0.4, 0.5) is 0 Å². The molecule has 0 saturated heterocycles. The molecule has 0 saturated carbocycles. The van der Waals surface area contributed by atoms with E-state index in [9.17, 15) is 5.11 Å². The van der Waals surface area contributed by atoms with E-state index in [1.54, 1.807) is 19.2 Å². The first-order valence-electron chi connectivity index (χ1n) is 7.55. The van der Waals surface area contributed by atoms with Gasteiger partial charge in [-0.15, -0.1) is 12.4 Å². The molecule has 0 aromatic heterocycles. The first kappa shape index (κ1) is 16.5. The standard InChI is InChI=1S/C18H17NO4.ClH/c1-10-7-11-8-14(21-2)17-18(23-9-22-17)15(11)16(19-10)12-5-3-4-6-13(12)20;/h3-6,8,10,20H,7,9H2,1-2H3;1H. The monoisotopic (exact) mass is 347 g/mol. The minimum absolute atomic E-state index is 0. The minimum atomic E-state index is 0. The molecule has 2 aliphatic heterocycles. The molecule has 0 aliphatic carbocycles. The van der Waals surface area contributed by atoms with Crippen molar-refractivity contribution in [2.75, 3.05) is 13.9 Å². The fourth-order valence-corrected chi connectivity index (χ4v) is 3.19. The van der Waals surface area contributed by atoms with Crippen LogP contribution >= 0.6 is 12.4 Å². The number of phenolic OH excluding ortho intramolecular Hbond substituents is 1. The molecule has 1 N–H and O–H groups in total. The highest BCUT2D eigenvalue weighted by atomic mass is 35.5. The molecule has 2 aromatic rings. The molecular weight excluding hydrogens is 330 g/mol. The van der Waals surface area contributed by atoms with Gasteiger partial charge in [0.15, 0.2) is 11.5 Å². The normalized spacial score (nSPS) is 17.6. The van der Waals surface area contributed by atoms with Gasteiger partial charge in [-0.3, -0.25) is 4.99 Å². The van der Waals surface area contributed by atoms with Crippen LogP contribution in [0.5, 0.6) is 23.0 Å². The minimum Gasteiger partial charge on any atom is -0.507 e. The Kier molecular flexibility index (Phi) is 4.28. The van der Waals surface area contributed by atoms with E-state index >= 15 is 0 Å². The van der Waals surface area contributed by atoms with Crippen LogP contribution in [-0.2, 0) is 6.42 Å². The number of aliphatic imine (C=N–C) groups is 1. The van der Waals surface area contributed by atoms with Gasteiger partial charge in [0, 0.05) is 5.56 Å². The molecule has 0 bridgehead atoms. The zero-order chi connectivity index (χ0) is 16.0. The number of nitrogens with zero attached hydrogens (tertiary/aromatic N) is 1. The van der Waals surface area contributed by atoms with Crippen LogP contribution in [0, 0.1) is 0 Å². The van der Waals surface area contributed by atoms with E-state index < -0.39 is 0 Å². The number of methoxy groups -OCH3 is 1. The van der Waals surface area contributed by atoms with Crippen LogP contribution in [0.3, 0.4) is 0 Å². The van der Waals surface area contributed by atoms with E-state index in [2.05, 4.69) is 6.92 Å². The molecule has 1 unspecified atom stereocenters. The highest BCUT2D eigenvalue weighted by Gasteiger charge is 2.32. The summed E-state index contributed by atoms with van der Waals surface area (Å²) < 4.78 is 16.7. The third-order valence-corrected chi connectivity index (χ3v) is 4.17. The van der Waals surface area contributed by atoms with Crippen molar-refractivity contribution in [1.82, 2.24) is 0 Å². The van der Waals surface area contributed by atoms with Crippen molar-refractivity contribution in [1.29, 1.82) is 0 Å². The van der Waals surface area contributed by atoms with E-state index in [4.69, 9.17) is 19.2 Å². The third-order valence-electron chi connectivity index (χ3n) is 4.17. The number of fused-ring (bicyclic) bond motifs is 3. The number of benzene rings is 2. The molecule has 0 radical (unpaired) electrons. The average Bonchev–Trinajstić information content (AvgIpc) is 3.03. The summed E-state index contributed by atoms with van der Waals surface area (Å²) >= 11 is 0. The first-order valence-corrected chi connectivity index (χ1v) is 7.55. The number of hydrogen-bond donors (Lipinski definition) is 1. The van der Waals surface area contributed by atoms with Gasteiger partial charge in [-0.05, 0) is 37.1 Å². The molecule has 5 nitrogen and oxygen atoms in total. The topological polar surface area (TPSA) is 60.3 Å². The van der Waals surface area contributed by atoms with E-state index in [1.165, 1.54) is 0 Å². The highest BCUT2D eigenvalue weighted by Crippen LogP contribution is 2.47. The number of para-hydroxylation sites is 1. The first-order chi connectivity index (χ1) is 11.2. The Bertz CT molecular complexity index is 819. The van der Waals surface area contributed by atoms with Crippen molar-refractivity contribution in [3.05, 3.63) is 47.0 Å². The van der Waals surface area contributed by atoms with Crippen molar-refractivity contribution in [2.45, 2.75) is 19.4 Å². The Hall–Kier alpha value is -2.40.